The van der Waals surface area contributed by atoms with Gasteiger partial charge in [0, 0.05) is 30.3 Å². The Balaban J connectivity index is 1.45. The van der Waals surface area contributed by atoms with Gasteiger partial charge in [-0.25, -0.2) is 0 Å². The van der Waals surface area contributed by atoms with Crippen molar-refractivity contribution in [3.63, 3.8) is 0 Å². The number of benzene rings is 1. The van der Waals surface area contributed by atoms with Crippen LogP contribution >= 0.6 is 0 Å². The molecule has 0 spiro atoms. The number of ether oxygens (including phenoxy) is 3. The maximum absolute atomic E-state index is 12.5. The Morgan fingerprint density at radius 3 is 2.77 bits per heavy atom. The Bertz CT molecular complexity index is 779. The summed E-state index contributed by atoms with van der Waals surface area (Å²) in [5, 5.41) is 15.8. The molecule has 3 aliphatic rings. The molecule has 0 radical (unpaired) electrons. The summed E-state index contributed by atoms with van der Waals surface area (Å²) in [6.45, 7) is -0.189. The van der Waals surface area contributed by atoms with Gasteiger partial charge in [-0.05, 0) is 37.5 Å². The lowest BCUT2D eigenvalue weighted by atomic mass is 9.84. The van der Waals surface area contributed by atoms with Crippen molar-refractivity contribution in [1.82, 2.24) is 5.32 Å². The second kappa shape index (κ2) is 9.32. The molecule has 4 atom stereocenters. The fourth-order valence-corrected chi connectivity index (χ4v) is 4.86. The Morgan fingerprint density at radius 1 is 1.23 bits per heavy atom. The highest BCUT2D eigenvalue weighted by Crippen LogP contribution is 2.47. The first kappa shape index (κ1) is 21.1. The molecule has 2 amide bonds. The highest BCUT2D eigenvalue weighted by atomic mass is 16.6. The van der Waals surface area contributed by atoms with Crippen molar-refractivity contribution < 1.29 is 28.9 Å². The molecule has 2 heterocycles. The maximum Gasteiger partial charge on any atom is 0.250 e. The van der Waals surface area contributed by atoms with Crippen LogP contribution in [0.1, 0.15) is 50.0 Å². The van der Waals surface area contributed by atoms with Gasteiger partial charge in [0.15, 0.2) is 0 Å². The maximum atomic E-state index is 12.5. The fraction of sp³-hybridized carbons (Fsp3) is 0.636. The number of aliphatic hydroxyl groups is 1. The summed E-state index contributed by atoms with van der Waals surface area (Å²) in [4.78, 5) is 24.3. The number of nitrogens with one attached hydrogen (secondary N) is 2. The number of anilines is 1. The molecule has 3 N–H and O–H groups in total. The predicted molar refractivity (Wildman–Crippen MR) is 109 cm³/mol. The van der Waals surface area contributed by atoms with Gasteiger partial charge in [0.25, 0.3) is 0 Å². The first-order chi connectivity index (χ1) is 14.6. The highest BCUT2D eigenvalue weighted by Gasteiger charge is 2.46. The summed E-state index contributed by atoms with van der Waals surface area (Å²) < 4.78 is 16.9. The van der Waals surface area contributed by atoms with E-state index in [2.05, 4.69) is 10.6 Å². The quantitative estimate of drug-likeness (QED) is 0.623. The molecule has 0 aromatic heterocycles. The van der Waals surface area contributed by atoms with E-state index in [9.17, 15) is 14.7 Å². The van der Waals surface area contributed by atoms with Crippen LogP contribution in [0.15, 0.2) is 18.2 Å². The van der Waals surface area contributed by atoms with Crippen LogP contribution < -0.4 is 15.4 Å². The summed E-state index contributed by atoms with van der Waals surface area (Å²) in [6, 6.07) is 5.79. The van der Waals surface area contributed by atoms with E-state index in [4.69, 9.17) is 14.2 Å². The number of fused-ring (bicyclic) bond motifs is 3. The van der Waals surface area contributed by atoms with E-state index < -0.39 is 6.10 Å². The second-order valence-electron chi connectivity index (χ2n) is 8.39. The summed E-state index contributed by atoms with van der Waals surface area (Å²) in [5.41, 5.74) is 1.64. The highest BCUT2D eigenvalue weighted by molar-refractivity contribution is 5.91. The van der Waals surface area contributed by atoms with Crippen molar-refractivity contribution in [2.75, 3.05) is 25.6 Å². The average Bonchev–Trinajstić information content (AvgIpc) is 3.35. The fourth-order valence-electron chi connectivity index (χ4n) is 4.86. The van der Waals surface area contributed by atoms with Gasteiger partial charge in [-0.2, -0.15) is 0 Å². The van der Waals surface area contributed by atoms with Crippen LogP contribution in [-0.2, 0) is 19.1 Å². The number of methoxy groups -OCH3 is 1. The zero-order valence-corrected chi connectivity index (χ0v) is 17.3. The Morgan fingerprint density at radius 2 is 2.03 bits per heavy atom. The van der Waals surface area contributed by atoms with Gasteiger partial charge in [-0.15, -0.1) is 0 Å². The van der Waals surface area contributed by atoms with Crippen molar-refractivity contribution in [2.24, 2.45) is 0 Å². The number of hydrogen-bond donors (Lipinski definition) is 3. The summed E-state index contributed by atoms with van der Waals surface area (Å²) >= 11 is 0. The van der Waals surface area contributed by atoms with Crippen LogP contribution in [0.5, 0.6) is 5.75 Å². The molecular weight excluding hydrogens is 388 g/mol. The molecule has 1 aromatic carbocycles. The number of hydrogen-bond acceptors (Lipinski definition) is 6. The summed E-state index contributed by atoms with van der Waals surface area (Å²) in [5.74, 6) is 0.499. The molecule has 1 aromatic rings. The third-order valence-electron chi connectivity index (χ3n) is 6.19. The second-order valence-corrected chi connectivity index (χ2v) is 8.39. The zero-order valence-electron chi connectivity index (χ0n) is 17.3. The minimum atomic E-state index is -0.494. The van der Waals surface area contributed by atoms with E-state index in [0.29, 0.717) is 12.1 Å². The van der Waals surface area contributed by atoms with Gasteiger partial charge in [-0.3, -0.25) is 9.59 Å². The lowest BCUT2D eigenvalue weighted by molar-refractivity contribution is -0.142. The van der Waals surface area contributed by atoms with Crippen LogP contribution in [0, 0.1) is 0 Å². The molecule has 1 aliphatic carbocycles. The van der Waals surface area contributed by atoms with Gasteiger partial charge in [0.05, 0.1) is 19.1 Å². The number of carbonyl (C=O) groups is 2. The van der Waals surface area contributed by atoms with Gasteiger partial charge < -0.3 is 30.0 Å². The Hall–Kier alpha value is -2.16. The third kappa shape index (κ3) is 4.61. The SMILES string of the molecule is COCC(=O)Nc1ccc2c(c1)[C@H]1C[C@H](CC(=O)NC3CCCC3)O[C@@H](CO)[C@H]1O2. The first-order valence-corrected chi connectivity index (χ1v) is 10.7. The lowest BCUT2D eigenvalue weighted by Crippen LogP contribution is -2.47. The van der Waals surface area contributed by atoms with E-state index >= 15 is 0 Å². The van der Waals surface area contributed by atoms with Gasteiger partial charge >= 0.3 is 0 Å². The van der Waals surface area contributed by atoms with E-state index in [1.54, 1.807) is 6.07 Å². The number of amides is 2. The van der Waals surface area contributed by atoms with Crippen LogP contribution in [0.2, 0.25) is 0 Å². The van der Waals surface area contributed by atoms with Gasteiger partial charge in [-0.1, -0.05) is 12.8 Å². The molecule has 30 heavy (non-hydrogen) atoms. The average molecular weight is 418 g/mol. The van der Waals surface area contributed by atoms with E-state index in [1.165, 1.54) is 20.0 Å². The molecule has 0 bridgehead atoms. The standard InChI is InChI=1S/C22H30N2O6/c1-28-12-21(27)24-14-6-7-18-16(8-14)17-9-15(29-19(11-25)22(17)30-18)10-20(26)23-13-4-2-3-5-13/h6-8,13,15,17,19,22,25H,2-5,9-12H2,1H3,(H,23,26)(H,24,27)/t15-,17-,19+,22+/m1/s1. The molecule has 164 valence electrons. The van der Waals surface area contributed by atoms with E-state index in [0.717, 1.165) is 24.2 Å². The van der Waals surface area contributed by atoms with Gasteiger partial charge in [0.1, 0.15) is 24.6 Å². The van der Waals surface area contributed by atoms with Crippen LogP contribution in [0.3, 0.4) is 0 Å². The van der Waals surface area contributed by atoms with Crippen molar-refractivity contribution in [3.8, 4) is 5.75 Å². The molecule has 1 saturated heterocycles. The van der Waals surface area contributed by atoms with E-state index in [-0.39, 0.29) is 55.6 Å². The predicted octanol–water partition coefficient (Wildman–Crippen LogP) is 1.71. The zero-order chi connectivity index (χ0) is 21.1. The molecule has 8 nitrogen and oxygen atoms in total. The van der Waals surface area contributed by atoms with Gasteiger partial charge in [0.2, 0.25) is 11.8 Å². The van der Waals surface area contributed by atoms with E-state index in [1.807, 2.05) is 12.1 Å². The number of aliphatic hydroxyl groups excluding tert-OH is 1. The largest absolute Gasteiger partial charge is 0.487 e. The Kier molecular flexibility index (Phi) is 6.55. The summed E-state index contributed by atoms with van der Waals surface area (Å²) in [7, 11) is 1.47. The normalized spacial score (nSPS) is 27.8. The minimum Gasteiger partial charge on any atom is -0.487 e. The topological polar surface area (TPSA) is 106 Å². The minimum absolute atomic E-state index is 0.00163. The van der Waals surface area contributed by atoms with Crippen LogP contribution in [0.25, 0.3) is 0 Å². The van der Waals surface area contributed by atoms with Crippen LogP contribution in [-0.4, -0.2) is 61.6 Å². The molecular formula is C22H30N2O6. The monoisotopic (exact) mass is 418 g/mol. The molecule has 1 saturated carbocycles. The molecule has 0 unspecified atom stereocenters. The Labute approximate surface area is 176 Å². The van der Waals surface area contributed by atoms with Crippen molar-refractivity contribution in [3.05, 3.63) is 23.8 Å². The van der Waals surface area contributed by atoms with Crippen molar-refractivity contribution in [2.45, 2.75) is 68.8 Å². The smallest absolute Gasteiger partial charge is 0.250 e. The lowest BCUT2D eigenvalue weighted by Gasteiger charge is -2.37. The van der Waals surface area contributed by atoms with Crippen molar-refractivity contribution >= 4 is 17.5 Å². The molecule has 2 fully saturated rings. The number of carbonyl (C=O) groups excluding carboxylic acids is 2. The molecule has 4 rings (SSSR count). The molecule has 8 heteroatoms. The number of rotatable bonds is 7. The van der Waals surface area contributed by atoms with Crippen LogP contribution in [0.4, 0.5) is 5.69 Å². The summed E-state index contributed by atoms with van der Waals surface area (Å²) in [6.07, 6.45) is 4.23. The first-order valence-electron chi connectivity index (χ1n) is 10.7. The van der Waals surface area contributed by atoms with Crippen molar-refractivity contribution in [1.29, 1.82) is 0 Å². The molecule has 2 aliphatic heterocycles. The third-order valence-corrected chi connectivity index (χ3v) is 6.19.